The van der Waals surface area contributed by atoms with Crippen molar-refractivity contribution in [2.24, 2.45) is 5.73 Å². The number of nitrogens with zero attached hydrogens (tertiary/aromatic N) is 1. The molecule has 4 heteroatoms. The third kappa shape index (κ3) is 3.59. The number of amides is 1. The molecule has 0 radical (unpaired) electrons. The standard InChI is InChI=1S/C19H22N2OS/c1-23-18-10-3-2-9-17(18)14-6-4-7-15(12-14)19(22)21-11-5-8-16(20)13-21/h2-4,6-7,9-10,12,16H,5,8,11,13,20H2,1H3/t16-/m1/s1. The molecule has 0 saturated carbocycles. The molecule has 0 aromatic heterocycles. The molecule has 0 unspecified atom stereocenters. The SMILES string of the molecule is CSc1ccccc1-c1cccc(C(=O)N2CCC[C@@H](N)C2)c1. The molecular weight excluding hydrogens is 304 g/mol. The van der Waals surface area contributed by atoms with Gasteiger partial charge in [-0.05, 0) is 48.4 Å². The minimum Gasteiger partial charge on any atom is -0.337 e. The Morgan fingerprint density at radius 2 is 2.04 bits per heavy atom. The number of piperidine rings is 1. The molecule has 3 rings (SSSR count). The normalized spacial score (nSPS) is 18.0. The lowest BCUT2D eigenvalue weighted by molar-refractivity contribution is 0.0709. The topological polar surface area (TPSA) is 46.3 Å². The van der Waals surface area contributed by atoms with Crippen molar-refractivity contribution in [3.05, 3.63) is 54.1 Å². The molecule has 23 heavy (non-hydrogen) atoms. The van der Waals surface area contributed by atoms with Gasteiger partial charge < -0.3 is 10.6 Å². The fourth-order valence-electron chi connectivity index (χ4n) is 3.08. The van der Waals surface area contributed by atoms with E-state index in [1.54, 1.807) is 11.8 Å². The van der Waals surface area contributed by atoms with Crippen LogP contribution >= 0.6 is 11.8 Å². The Labute approximate surface area is 141 Å². The highest BCUT2D eigenvalue weighted by atomic mass is 32.2. The van der Waals surface area contributed by atoms with Crippen LogP contribution in [0, 0.1) is 0 Å². The third-order valence-electron chi connectivity index (χ3n) is 4.27. The zero-order valence-electron chi connectivity index (χ0n) is 13.4. The molecule has 2 aromatic rings. The predicted octanol–water partition coefficient (Wildman–Crippen LogP) is 3.64. The molecule has 2 N–H and O–H groups in total. The molecule has 0 bridgehead atoms. The first-order valence-corrected chi connectivity index (χ1v) is 9.20. The highest BCUT2D eigenvalue weighted by molar-refractivity contribution is 7.98. The summed E-state index contributed by atoms with van der Waals surface area (Å²) in [5.74, 6) is 0.0867. The molecule has 120 valence electrons. The zero-order chi connectivity index (χ0) is 16.2. The second-order valence-corrected chi connectivity index (χ2v) is 6.78. The molecule has 1 aliphatic rings. The first-order chi connectivity index (χ1) is 11.2. The number of nitrogens with two attached hydrogens (primary N) is 1. The smallest absolute Gasteiger partial charge is 0.253 e. The van der Waals surface area contributed by atoms with E-state index in [0.717, 1.165) is 30.5 Å². The van der Waals surface area contributed by atoms with E-state index in [2.05, 4.69) is 24.5 Å². The van der Waals surface area contributed by atoms with Crippen LogP contribution in [0.1, 0.15) is 23.2 Å². The van der Waals surface area contributed by atoms with Crippen molar-refractivity contribution in [1.82, 2.24) is 4.90 Å². The lowest BCUT2D eigenvalue weighted by atomic mass is 10.0. The molecule has 1 aliphatic heterocycles. The van der Waals surface area contributed by atoms with Crippen LogP contribution in [0.5, 0.6) is 0 Å². The van der Waals surface area contributed by atoms with Gasteiger partial charge in [-0.3, -0.25) is 4.79 Å². The number of thioether (sulfide) groups is 1. The highest BCUT2D eigenvalue weighted by Crippen LogP contribution is 2.30. The van der Waals surface area contributed by atoms with Gasteiger partial charge in [0.25, 0.3) is 5.91 Å². The zero-order valence-corrected chi connectivity index (χ0v) is 14.2. The summed E-state index contributed by atoms with van der Waals surface area (Å²) in [5, 5.41) is 0. The van der Waals surface area contributed by atoms with Crippen LogP contribution in [0.3, 0.4) is 0 Å². The lowest BCUT2D eigenvalue weighted by Crippen LogP contribution is -2.45. The molecule has 3 nitrogen and oxygen atoms in total. The van der Waals surface area contributed by atoms with Gasteiger partial charge in [0.1, 0.15) is 0 Å². The predicted molar refractivity (Wildman–Crippen MR) is 96.8 cm³/mol. The number of carbonyl (C=O) groups is 1. The van der Waals surface area contributed by atoms with Gasteiger partial charge in [-0.25, -0.2) is 0 Å². The molecule has 1 saturated heterocycles. The van der Waals surface area contributed by atoms with E-state index in [4.69, 9.17) is 5.73 Å². The number of carbonyl (C=O) groups excluding carboxylic acids is 1. The molecule has 0 spiro atoms. The number of hydrogen-bond donors (Lipinski definition) is 1. The van der Waals surface area contributed by atoms with Crippen LogP contribution in [0.25, 0.3) is 11.1 Å². The minimum absolute atomic E-state index is 0.0867. The monoisotopic (exact) mass is 326 g/mol. The van der Waals surface area contributed by atoms with E-state index < -0.39 is 0 Å². The van der Waals surface area contributed by atoms with Gasteiger partial charge in [-0.15, -0.1) is 11.8 Å². The van der Waals surface area contributed by atoms with Crippen molar-refractivity contribution in [3.8, 4) is 11.1 Å². The second kappa shape index (κ2) is 7.20. The van der Waals surface area contributed by atoms with Crippen LogP contribution in [0.15, 0.2) is 53.4 Å². The largest absolute Gasteiger partial charge is 0.337 e. The van der Waals surface area contributed by atoms with Crippen LogP contribution in [0.2, 0.25) is 0 Å². The van der Waals surface area contributed by atoms with Crippen LogP contribution in [0.4, 0.5) is 0 Å². The number of hydrogen-bond acceptors (Lipinski definition) is 3. The van der Waals surface area contributed by atoms with E-state index in [0.29, 0.717) is 6.54 Å². The third-order valence-corrected chi connectivity index (χ3v) is 5.07. The van der Waals surface area contributed by atoms with Crippen molar-refractivity contribution in [2.75, 3.05) is 19.3 Å². The minimum atomic E-state index is 0.0867. The summed E-state index contributed by atoms with van der Waals surface area (Å²) < 4.78 is 0. The van der Waals surface area contributed by atoms with E-state index >= 15 is 0 Å². The Morgan fingerprint density at radius 1 is 1.22 bits per heavy atom. The molecule has 1 amide bonds. The van der Waals surface area contributed by atoms with Crippen molar-refractivity contribution >= 4 is 17.7 Å². The number of likely N-dealkylation sites (tertiary alicyclic amines) is 1. The fourth-order valence-corrected chi connectivity index (χ4v) is 3.70. The molecule has 0 aliphatic carbocycles. The van der Waals surface area contributed by atoms with Crippen LogP contribution in [-0.2, 0) is 0 Å². The molecule has 1 atom stereocenters. The first kappa shape index (κ1) is 16.1. The average molecular weight is 326 g/mol. The van der Waals surface area contributed by atoms with Gasteiger partial charge in [-0.1, -0.05) is 30.3 Å². The number of rotatable bonds is 3. The summed E-state index contributed by atoms with van der Waals surface area (Å²) >= 11 is 1.72. The van der Waals surface area contributed by atoms with Gasteiger partial charge in [0.15, 0.2) is 0 Å². The Balaban J connectivity index is 1.89. The average Bonchev–Trinajstić information content (AvgIpc) is 2.61. The Morgan fingerprint density at radius 3 is 2.83 bits per heavy atom. The van der Waals surface area contributed by atoms with Crippen molar-refractivity contribution in [3.63, 3.8) is 0 Å². The van der Waals surface area contributed by atoms with Crippen molar-refractivity contribution in [2.45, 2.75) is 23.8 Å². The maximum atomic E-state index is 12.7. The van der Waals surface area contributed by atoms with Crippen LogP contribution < -0.4 is 5.73 Å². The van der Waals surface area contributed by atoms with Crippen LogP contribution in [-0.4, -0.2) is 36.2 Å². The fraction of sp³-hybridized carbons (Fsp3) is 0.316. The second-order valence-electron chi connectivity index (χ2n) is 5.93. The molecule has 2 aromatic carbocycles. The molecule has 1 fully saturated rings. The van der Waals surface area contributed by atoms with E-state index in [9.17, 15) is 4.79 Å². The summed E-state index contributed by atoms with van der Waals surface area (Å²) in [4.78, 5) is 15.9. The van der Waals surface area contributed by atoms with Crippen molar-refractivity contribution < 1.29 is 4.79 Å². The maximum absolute atomic E-state index is 12.7. The summed E-state index contributed by atoms with van der Waals surface area (Å²) in [6.07, 6.45) is 4.07. The van der Waals surface area contributed by atoms with Gasteiger partial charge in [0.2, 0.25) is 0 Å². The summed E-state index contributed by atoms with van der Waals surface area (Å²) in [7, 11) is 0. The Hall–Kier alpha value is -1.78. The quantitative estimate of drug-likeness (QED) is 0.876. The summed E-state index contributed by atoms with van der Waals surface area (Å²) in [6, 6.07) is 16.3. The first-order valence-electron chi connectivity index (χ1n) is 7.97. The molecular formula is C19H22N2OS. The number of benzene rings is 2. The maximum Gasteiger partial charge on any atom is 0.253 e. The van der Waals surface area contributed by atoms with E-state index in [-0.39, 0.29) is 11.9 Å². The van der Waals surface area contributed by atoms with Crippen molar-refractivity contribution in [1.29, 1.82) is 0 Å². The van der Waals surface area contributed by atoms with Gasteiger partial charge in [0, 0.05) is 29.6 Å². The molecule has 1 heterocycles. The van der Waals surface area contributed by atoms with Gasteiger partial charge in [-0.2, -0.15) is 0 Å². The Kier molecular flexibility index (Phi) is 5.03. The Bertz CT molecular complexity index is 701. The van der Waals surface area contributed by atoms with Gasteiger partial charge >= 0.3 is 0 Å². The summed E-state index contributed by atoms with van der Waals surface area (Å²) in [6.45, 7) is 1.46. The van der Waals surface area contributed by atoms with E-state index in [1.807, 2.05) is 35.2 Å². The highest BCUT2D eigenvalue weighted by Gasteiger charge is 2.22. The summed E-state index contributed by atoms with van der Waals surface area (Å²) in [5.41, 5.74) is 9.00. The van der Waals surface area contributed by atoms with E-state index in [1.165, 1.54) is 10.5 Å². The van der Waals surface area contributed by atoms with Gasteiger partial charge in [0.05, 0.1) is 0 Å². The lowest BCUT2D eigenvalue weighted by Gasteiger charge is -2.31.